The van der Waals surface area contributed by atoms with Crippen LogP contribution in [0.15, 0.2) is 65.9 Å². The zero-order chi connectivity index (χ0) is 15.3. The Morgan fingerprint density at radius 1 is 0.960 bits per heavy atom. The molecule has 0 N–H and O–H groups in total. The fourth-order valence-electron chi connectivity index (χ4n) is 3.56. The van der Waals surface area contributed by atoms with E-state index in [0.717, 1.165) is 6.42 Å². The minimum atomic E-state index is -1.83. The number of hydrogen-bond donors (Lipinski definition) is 0. The predicted molar refractivity (Wildman–Crippen MR) is 101 cm³/mol. The summed E-state index contributed by atoms with van der Waals surface area (Å²) in [5.41, 5.74) is 2.78. The van der Waals surface area contributed by atoms with Crippen molar-refractivity contribution >= 4 is 45.6 Å². The van der Waals surface area contributed by atoms with Gasteiger partial charge in [-0.2, -0.15) is 11.1 Å². The van der Waals surface area contributed by atoms with Crippen molar-refractivity contribution in [3.05, 3.63) is 71.4 Å². The Morgan fingerprint density at radius 2 is 1.64 bits per heavy atom. The standard InChI is InChI=1S/C20H18ClSi.2ClH.Zr/c1-22(2,21)20-12-6-11-18(20)17-10-5-9-16-15-8-4-3-7-14(15)13-19(16)17;;;/h3-10,12-13H,11H2,1-2H3;2*1H;/q-1;;;+3/p-2. The van der Waals surface area contributed by atoms with Gasteiger partial charge in [-0.25, -0.2) is 0 Å². The first kappa shape index (κ1) is 22.8. The fraction of sp³-hybridized carbons (Fsp3) is 0.150. The molecule has 1 radical (unpaired) electrons. The maximum absolute atomic E-state index is 6.74. The van der Waals surface area contributed by atoms with Gasteiger partial charge in [0.05, 0.1) is 0 Å². The number of hydrogen-bond acceptors (Lipinski definition) is 0. The molecule has 127 valence electrons. The SMILES string of the molecule is C[Si](C)(Cl)C1=C(c2cccc3c2[cH-]c2ccccc23)CC=C1.[Cl-].[Cl-].[Zr+3]. The Hall–Kier alpha value is -0.240. The third kappa shape index (κ3) is 4.04. The van der Waals surface area contributed by atoms with E-state index in [9.17, 15) is 0 Å². The third-order valence-corrected chi connectivity index (χ3v) is 6.91. The van der Waals surface area contributed by atoms with Gasteiger partial charge in [0.1, 0.15) is 0 Å². The van der Waals surface area contributed by atoms with Crippen LogP contribution in [0.4, 0.5) is 0 Å². The van der Waals surface area contributed by atoms with E-state index in [0.29, 0.717) is 0 Å². The molecule has 0 atom stereocenters. The van der Waals surface area contributed by atoms with Gasteiger partial charge in [-0.15, -0.1) is 33.7 Å². The number of rotatable bonds is 2. The first-order valence-corrected chi connectivity index (χ1v) is 11.7. The van der Waals surface area contributed by atoms with E-state index in [1.165, 1.54) is 37.9 Å². The topological polar surface area (TPSA) is 0 Å². The number of fused-ring (bicyclic) bond motifs is 3. The second-order valence-corrected chi connectivity index (χ2v) is 12.8. The molecule has 1 aliphatic rings. The van der Waals surface area contributed by atoms with E-state index >= 15 is 0 Å². The molecule has 3 aromatic carbocycles. The monoisotopic (exact) mass is 481 g/mol. The molecule has 4 rings (SSSR count). The van der Waals surface area contributed by atoms with E-state index in [1.807, 2.05) is 0 Å². The van der Waals surface area contributed by atoms with Crippen LogP contribution < -0.4 is 24.8 Å². The van der Waals surface area contributed by atoms with Gasteiger partial charge >= 0.3 is 26.2 Å². The Bertz CT molecular complexity index is 948. The Kier molecular flexibility index (Phi) is 7.87. The van der Waals surface area contributed by atoms with Gasteiger partial charge in [0, 0.05) is 0 Å². The van der Waals surface area contributed by atoms with Gasteiger partial charge in [-0.05, 0) is 11.6 Å². The Balaban J connectivity index is 0.00000104. The summed E-state index contributed by atoms with van der Waals surface area (Å²) in [6, 6.07) is 17.6. The molecule has 1 aliphatic carbocycles. The fourth-order valence-corrected chi connectivity index (χ4v) is 5.56. The van der Waals surface area contributed by atoms with Crippen LogP contribution in [-0.4, -0.2) is 7.38 Å². The Labute approximate surface area is 186 Å². The predicted octanol–water partition coefficient (Wildman–Crippen LogP) is 0.414. The van der Waals surface area contributed by atoms with Crippen molar-refractivity contribution in [2.24, 2.45) is 0 Å². The van der Waals surface area contributed by atoms with Crippen LogP contribution in [0.3, 0.4) is 0 Å². The van der Waals surface area contributed by atoms with Crippen molar-refractivity contribution in [1.29, 1.82) is 0 Å². The van der Waals surface area contributed by atoms with E-state index < -0.39 is 7.38 Å². The quantitative estimate of drug-likeness (QED) is 0.281. The van der Waals surface area contributed by atoms with Gasteiger partial charge in [-0.3, -0.25) is 0 Å². The van der Waals surface area contributed by atoms with Crippen molar-refractivity contribution in [2.75, 3.05) is 0 Å². The molecule has 0 nitrogen and oxygen atoms in total. The summed E-state index contributed by atoms with van der Waals surface area (Å²) in [5, 5.41) is 6.75. The summed E-state index contributed by atoms with van der Waals surface area (Å²) in [5.74, 6) is 0. The maximum atomic E-state index is 6.74. The molecule has 0 unspecified atom stereocenters. The zero-order valence-corrected chi connectivity index (χ0v) is 19.8. The van der Waals surface area contributed by atoms with Crippen LogP contribution >= 0.6 is 11.1 Å². The smallest absolute Gasteiger partial charge is 1.00 e. The van der Waals surface area contributed by atoms with E-state index in [1.54, 1.807) is 0 Å². The zero-order valence-electron chi connectivity index (χ0n) is 14.1. The van der Waals surface area contributed by atoms with Crippen LogP contribution in [0.25, 0.3) is 27.1 Å². The van der Waals surface area contributed by atoms with Crippen molar-refractivity contribution in [3.8, 4) is 0 Å². The molecule has 0 fully saturated rings. The Morgan fingerprint density at radius 3 is 2.36 bits per heavy atom. The summed E-state index contributed by atoms with van der Waals surface area (Å²) in [4.78, 5) is 0. The van der Waals surface area contributed by atoms with Gasteiger partial charge in [0.15, 0.2) is 7.38 Å². The summed E-state index contributed by atoms with van der Waals surface area (Å²) in [6.07, 6.45) is 5.50. The van der Waals surface area contributed by atoms with Crippen LogP contribution in [0.2, 0.25) is 13.1 Å². The van der Waals surface area contributed by atoms with Crippen LogP contribution in [-0.2, 0) is 26.2 Å². The van der Waals surface area contributed by atoms with Crippen molar-refractivity contribution in [2.45, 2.75) is 19.5 Å². The molecule has 0 bridgehead atoms. The number of halogens is 3. The summed E-state index contributed by atoms with van der Waals surface area (Å²) < 4.78 is 0. The molecular weight excluding hydrogens is 466 g/mol. The summed E-state index contributed by atoms with van der Waals surface area (Å²) in [7, 11) is -1.83. The molecule has 0 spiro atoms. The summed E-state index contributed by atoms with van der Waals surface area (Å²) >= 11 is 6.74. The van der Waals surface area contributed by atoms with Crippen LogP contribution in [0.5, 0.6) is 0 Å². The first-order chi connectivity index (χ1) is 10.6. The minimum Gasteiger partial charge on any atom is -1.00 e. The van der Waals surface area contributed by atoms with Gasteiger partial charge in [0.2, 0.25) is 0 Å². The molecule has 3 aromatic rings. The molecular formula is C20H18Cl3SiZr. The average Bonchev–Trinajstić information content (AvgIpc) is 3.11. The van der Waals surface area contributed by atoms with Crippen molar-refractivity contribution in [1.82, 2.24) is 0 Å². The van der Waals surface area contributed by atoms with Gasteiger partial charge in [0.25, 0.3) is 0 Å². The number of benzene rings is 2. The molecule has 5 heteroatoms. The number of allylic oxidation sites excluding steroid dienone is 4. The molecule has 0 aliphatic heterocycles. The maximum Gasteiger partial charge on any atom is 3.00 e. The summed E-state index contributed by atoms with van der Waals surface area (Å²) in [6.45, 7) is 4.42. The molecule has 0 saturated heterocycles. The van der Waals surface area contributed by atoms with Crippen LogP contribution in [0.1, 0.15) is 12.0 Å². The normalized spacial score (nSPS) is 13.6. The molecule has 0 saturated carbocycles. The van der Waals surface area contributed by atoms with Gasteiger partial charge in [-0.1, -0.05) is 72.8 Å². The molecule has 25 heavy (non-hydrogen) atoms. The van der Waals surface area contributed by atoms with E-state index in [-0.39, 0.29) is 51.0 Å². The van der Waals surface area contributed by atoms with E-state index in [2.05, 4.69) is 73.8 Å². The molecule has 0 amide bonds. The second kappa shape index (κ2) is 8.63. The third-order valence-electron chi connectivity index (χ3n) is 4.55. The average molecular weight is 484 g/mol. The van der Waals surface area contributed by atoms with E-state index in [4.69, 9.17) is 11.1 Å². The van der Waals surface area contributed by atoms with Gasteiger partial charge < -0.3 is 24.8 Å². The van der Waals surface area contributed by atoms with Crippen molar-refractivity contribution < 1.29 is 51.0 Å². The molecule has 0 aromatic heterocycles. The van der Waals surface area contributed by atoms with Crippen molar-refractivity contribution in [3.63, 3.8) is 0 Å². The second-order valence-electron chi connectivity index (χ2n) is 6.47. The first-order valence-electron chi connectivity index (χ1n) is 7.72. The molecule has 0 heterocycles. The largest absolute Gasteiger partial charge is 3.00 e. The minimum absolute atomic E-state index is 0. The van der Waals surface area contributed by atoms with Crippen LogP contribution in [0, 0.1) is 0 Å².